The fourth-order valence-corrected chi connectivity index (χ4v) is 3.73. The molecule has 1 aliphatic carbocycles. The first-order chi connectivity index (χ1) is 10.9. The Kier molecular flexibility index (Phi) is 14.4. The second-order valence-corrected chi connectivity index (χ2v) is 7.60. The second kappa shape index (κ2) is 15.8. The first kappa shape index (κ1) is 20.0. The van der Waals surface area contributed by atoms with Crippen LogP contribution in [0.5, 0.6) is 0 Å². The summed E-state index contributed by atoms with van der Waals surface area (Å²) in [7, 11) is 0. The molecule has 1 saturated carbocycles. The minimum absolute atomic E-state index is 0.0193. The predicted octanol–water partition coefficient (Wildman–Crippen LogP) is 7.16. The molecule has 1 N–H and O–H groups in total. The molecule has 1 rings (SSSR count). The van der Waals surface area contributed by atoms with E-state index in [4.69, 9.17) is 0 Å². The van der Waals surface area contributed by atoms with Gasteiger partial charge in [0.15, 0.2) is 0 Å². The van der Waals surface area contributed by atoms with E-state index in [0.717, 1.165) is 12.8 Å². The van der Waals surface area contributed by atoms with E-state index >= 15 is 0 Å². The van der Waals surface area contributed by atoms with Crippen LogP contribution in [0.4, 0.5) is 0 Å². The molecule has 0 heterocycles. The van der Waals surface area contributed by atoms with Crippen molar-refractivity contribution >= 4 is 0 Å². The van der Waals surface area contributed by atoms with Gasteiger partial charge in [0.2, 0.25) is 0 Å². The van der Waals surface area contributed by atoms with Crippen molar-refractivity contribution in [2.75, 3.05) is 0 Å². The molecule has 0 amide bonds. The zero-order valence-corrected chi connectivity index (χ0v) is 15.2. The van der Waals surface area contributed by atoms with Gasteiger partial charge in [0, 0.05) is 0 Å². The third-order valence-corrected chi connectivity index (χ3v) is 5.32. The normalized spacial score (nSPS) is 24.4. The maximum absolute atomic E-state index is 10.0. The van der Waals surface area contributed by atoms with E-state index in [1.54, 1.807) is 0 Å². The molecule has 0 aromatic rings. The van der Waals surface area contributed by atoms with Gasteiger partial charge >= 0.3 is 0 Å². The molecule has 1 fully saturated rings. The molecule has 22 heavy (non-hydrogen) atoms. The lowest BCUT2D eigenvalue weighted by molar-refractivity contribution is 0.147. The zero-order valence-electron chi connectivity index (χ0n) is 15.2. The van der Waals surface area contributed by atoms with E-state index in [-0.39, 0.29) is 6.10 Å². The van der Waals surface area contributed by atoms with E-state index < -0.39 is 0 Å². The molecular formula is C21H42O. The minimum Gasteiger partial charge on any atom is -0.393 e. The molecule has 0 aromatic carbocycles. The van der Waals surface area contributed by atoms with Gasteiger partial charge in [0.25, 0.3) is 0 Å². The van der Waals surface area contributed by atoms with Gasteiger partial charge in [-0.1, -0.05) is 116 Å². The number of aliphatic hydroxyl groups is 1. The van der Waals surface area contributed by atoms with Gasteiger partial charge in [0.05, 0.1) is 6.10 Å². The van der Waals surface area contributed by atoms with E-state index in [2.05, 4.69) is 0 Å². The van der Waals surface area contributed by atoms with Crippen LogP contribution in [0.2, 0.25) is 0 Å². The van der Waals surface area contributed by atoms with Crippen molar-refractivity contribution in [2.45, 2.75) is 135 Å². The van der Waals surface area contributed by atoms with Crippen molar-refractivity contribution in [3.8, 4) is 0 Å². The van der Waals surface area contributed by atoms with Crippen LogP contribution in [0, 0.1) is 0 Å². The Labute approximate surface area is 140 Å². The van der Waals surface area contributed by atoms with Crippen molar-refractivity contribution < 1.29 is 5.11 Å². The highest BCUT2D eigenvalue weighted by molar-refractivity contribution is 4.58. The summed E-state index contributed by atoms with van der Waals surface area (Å²) in [6.45, 7) is 0. The van der Waals surface area contributed by atoms with E-state index in [1.807, 2.05) is 0 Å². The summed E-state index contributed by atoms with van der Waals surface area (Å²) in [5.74, 6) is 0. The molecule has 132 valence electrons. The van der Waals surface area contributed by atoms with Crippen molar-refractivity contribution in [1.29, 1.82) is 0 Å². The molecule has 0 unspecified atom stereocenters. The van der Waals surface area contributed by atoms with Gasteiger partial charge < -0.3 is 5.11 Å². The summed E-state index contributed by atoms with van der Waals surface area (Å²) in [5.41, 5.74) is 0. The summed E-state index contributed by atoms with van der Waals surface area (Å²) in [6.07, 6.45) is 27.3. The highest BCUT2D eigenvalue weighted by Gasteiger charge is 2.04. The van der Waals surface area contributed by atoms with E-state index in [9.17, 15) is 5.11 Å². The van der Waals surface area contributed by atoms with Gasteiger partial charge in [-0.3, -0.25) is 0 Å². The first-order valence-electron chi connectivity index (χ1n) is 10.6. The highest BCUT2D eigenvalue weighted by atomic mass is 16.3. The highest BCUT2D eigenvalue weighted by Crippen LogP contribution is 2.17. The largest absolute Gasteiger partial charge is 0.393 e. The SMILES string of the molecule is OC1CCCCCCCCCCCCCCCCCCCC1. The summed E-state index contributed by atoms with van der Waals surface area (Å²) in [4.78, 5) is 0. The van der Waals surface area contributed by atoms with Gasteiger partial charge in [-0.05, 0) is 12.8 Å². The molecule has 0 saturated heterocycles. The van der Waals surface area contributed by atoms with Gasteiger partial charge in [-0.2, -0.15) is 0 Å². The number of aliphatic hydroxyl groups excluding tert-OH is 1. The maximum atomic E-state index is 10.0. The number of rotatable bonds is 0. The summed E-state index contributed by atoms with van der Waals surface area (Å²) in [6, 6.07) is 0. The fraction of sp³-hybridized carbons (Fsp3) is 1.00. The lowest BCUT2D eigenvalue weighted by Crippen LogP contribution is -2.05. The molecule has 0 spiro atoms. The van der Waals surface area contributed by atoms with Gasteiger partial charge in [-0.15, -0.1) is 0 Å². The third-order valence-electron chi connectivity index (χ3n) is 5.32. The van der Waals surface area contributed by atoms with Gasteiger partial charge in [-0.25, -0.2) is 0 Å². The smallest absolute Gasteiger partial charge is 0.0540 e. The third kappa shape index (κ3) is 13.6. The van der Waals surface area contributed by atoms with Crippen molar-refractivity contribution in [3.63, 3.8) is 0 Å². The molecule has 0 bridgehead atoms. The van der Waals surface area contributed by atoms with Crippen LogP contribution in [0.3, 0.4) is 0 Å². The Morgan fingerprint density at radius 1 is 0.318 bits per heavy atom. The predicted molar refractivity (Wildman–Crippen MR) is 98.3 cm³/mol. The van der Waals surface area contributed by atoms with Crippen molar-refractivity contribution in [1.82, 2.24) is 0 Å². The second-order valence-electron chi connectivity index (χ2n) is 7.60. The van der Waals surface area contributed by atoms with Crippen molar-refractivity contribution in [2.24, 2.45) is 0 Å². The summed E-state index contributed by atoms with van der Waals surface area (Å²) in [5, 5.41) is 10.0. The Morgan fingerprint density at radius 2 is 0.500 bits per heavy atom. The quantitative estimate of drug-likeness (QED) is 0.503. The molecule has 0 aliphatic heterocycles. The first-order valence-corrected chi connectivity index (χ1v) is 10.6. The lowest BCUT2D eigenvalue weighted by Gasteiger charge is -2.10. The summed E-state index contributed by atoms with van der Waals surface area (Å²) >= 11 is 0. The van der Waals surface area contributed by atoms with Crippen LogP contribution >= 0.6 is 0 Å². The Bertz CT molecular complexity index is 192. The van der Waals surface area contributed by atoms with E-state index in [0.29, 0.717) is 0 Å². The molecule has 0 radical (unpaired) electrons. The zero-order chi connectivity index (χ0) is 15.7. The Morgan fingerprint density at radius 3 is 0.727 bits per heavy atom. The molecule has 0 aromatic heterocycles. The lowest BCUT2D eigenvalue weighted by atomic mass is 10.0. The maximum Gasteiger partial charge on any atom is 0.0540 e. The molecule has 1 heteroatoms. The van der Waals surface area contributed by atoms with Crippen LogP contribution in [0.25, 0.3) is 0 Å². The Balaban J connectivity index is 2.08. The van der Waals surface area contributed by atoms with Crippen molar-refractivity contribution in [3.05, 3.63) is 0 Å². The number of hydrogen-bond donors (Lipinski definition) is 1. The van der Waals surface area contributed by atoms with Gasteiger partial charge in [0.1, 0.15) is 0 Å². The van der Waals surface area contributed by atoms with Crippen LogP contribution in [-0.2, 0) is 0 Å². The molecule has 0 atom stereocenters. The number of hydrogen-bond acceptors (Lipinski definition) is 1. The molecule has 1 nitrogen and oxygen atoms in total. The fourth-order valence-electron chi connectivity index (χ4n) is 3.73. The van der Waals surface area contributed by atoms with Crippen LogP contribution in [0.1, 0.15) is 128 Å². The average Bonchev–Trinajstić information content (AvgIpc) is 2.52. The summed E-state index contributed by atoms with van der Waals surface area (Å²) < 4.78 is 0. The van der Waals surface area contributed by atoms with Crippen LogP contribution in [-0.4, -0.2) is 11.2 Å². The van der Waals surface area contributed by atoms with Crippen LogP contribution in [0.15, 0.2) is 0 Å². The topological polar surface area (TPSA) is 20.2 Å². The monoisotopic (exact) mass is 310 g/mol. The average molecular weight is 311 g/mol. The minimum atomic E-state index is -0.0193. The van der Waals surface area contributed by atoms with Crippen LogP contribution < -0.4 is 0 Å². The Hall–Kier alpha value is -0.0400. The molecular weight excluding hydrogens is 268 g/mol. The molecule has 1 aliphatic rings. The van der Waals surface area contributed by atoms with E-state index in [1.165, 1.54) is 116 Å². The standard InChI is InChI=1S/C21H42O/c22-21-19-17-15-13-11-9-7-5-3-1-2-4-6-8-10-12-14-16-18-20-21/h21-22H,1-20H2.